The van der Waals surface area contributed by atoms with Crippen LogP contribution in [0.15, 0.2) is 27.5 Å². The molecule has 6 heteroatoms. The maximum atomic E-state index is 13.8. The molecule has 0 radical (unpaired) electrons. The van der Waals surface area contributed by atoms with Gasteiger partial charge in [0.15, 0.2) is 0 Å². The summed E-state index contributed by atoms with van der Waals surface area (Å²) in [6.07, 6.45) is 0. The van der Waals surface area contributed by atoms with Crippen LogP contribution in [0, 0.1) is 6.92 Å². The first-order valence-corrected chi connectivity index (χ1v) is 10.1. The lowest BCUT2D eigenvalue weighted by molar-refractivity contribution is 0.175. The Hall–Kier alpha value is -1.07. The van der Waals surface area contributed by atoms with E-state index in [4.69, 9.17) is 11.6 Å². The SMILES string of the molecule is Cc1ccc([S@@](=O)(=NC(=O)N(C(C)C)C(C)C)C(C)(C)C)cc1Cl. The van der Waals surface area contributed by atoms with E-state index in [9.17, 15) is 9.00 Å². The Balaban J connectivity index is 3.60. The lowest BCUT2D eigenvalue weighted by Crippen LogP contribution is -2.41. The van der Waals surface area contributed by atoms with E-state index in [1.807, 2.05) is 61.5 Å². The molecule has 4 nitrogen and oxygen atoms in total. The van der Waals surface area contributed by atoms with E-state index in [0.717, 1.165) is 5.56 Å². The lowest BCUT2D eigenvalue weighted by Gasteiger charge is -2.31. The fourth-order valence-electron chi connectivity index (χ4n) is 2.48. The van der Waals surface area contributed by atoms with Gasteiger partial charge in [-0.3, -0.25) is 0 Å². The predicted molar refractivity (Wildman–Crippen MR) is 102 cm³/mol. The average molecular weight is 373 g/mol. The summed E-state index contributed by atoms with van der Waals surface area (Å²) in [6, 6.07) is 4.73. The van der Waals surface area contributed by atoms with Crippen molar-refractivity contribution in [3.05, 3.63) is 28.8 Å². The van der Waals surface area contributed by atoms with Crippen molar-refractivity contribution in [2.75, 3.05) is 0 Å². The first kappa shape index (κ1) is 21.0. The maximum absolute atomic E-state index is 13.8. The predicted octanol–water partition coefficient (Wildman–Crippen LogP) is 5.51. The molecule has 0 aliphatic rings. The van der Waals surface area contributed by atoms with Gasteiger partial charge < -0.3 is 4.90 Å². The van der Waals surface area contributed by atoms with Gasteiger partial charge in [-0.25, -0.2) is 9.00 Å². The zero-order chi connectivity index (χ0) is 18.9. The van der Waals surface area contributed by atoms with Gasteiger partial charge in [0.1, 0.15) is 0 Å². The molecule has 2 amide bonds. The van der Waals surface area contributed by atoms with Crippen LogP contribution in [0.4, 0.5) is 4.79 Å². The molecule has 0 heterocycles. The van der Waals surface area contributed by atoms with Gasteiger partial charge in [-0.1, -0.05) is 17.7 Å². The smallest absolute Gasteiger partial charge is 0.318 e. The van der Waals surface area contributed by atoms with Crippen LogP contribution in [-0.2, 0) is 9.73 Å². The third kappa shape index (κ3) is 4.31. The Bertz CT molecular complexity index is 719. The maximum Gasteiger partial charge on any atom is 0.352 e. The lowest BCUT2D eigenvalue weighted by atomic mass is 10.2. The summed E-state index contributed by atoms with van der Waals surface area (Å²) < 4.78 is 17.3. The molecule has 0 aliphatic heterocycles. The van der Waals surface area contributed by atoms with Crippen molar-refractivity contribution in [1.29, 1.82) is 0 Å². The molecule has 0 bridgehead atoms. The number of aryl methyl sites for hydroxylation is 1. The summed E-state index contributed by atoms with van der Waals surface area (Å²) in [6.45, 7) is 15.1. The summed E-state index contributed by atoms with van der Waals surface area (Å²) in [4.78, 5) is 14.9. The number of nitrogens with zero attached hydrogens (tertiary/aromatic N) is 2. The molecule has 0 N–H and O–H groups in total. The van der Waals surface area contributed by atoms with Crippen molar-refractivity contribution in [3.8, 4) is 0 Å². The molecule has 0 fully saturated rings. The van der Waals surface area contributed by atoms with E-state index >= 15 is 0 Å². The minimum atomic E-state index is -2.99. The van der Waals surface area contributed by atoms with Crippen molar-refractivity contribution < 1.29 is 9.00 Å². The van der Waals surface area contributed by atoms with E-state index in [-0.39, 0.29) is 12.1 Å². The molecule has 0 aliphatic carbocycles. The van der Waals surface area contributed by atoms with Gasteiger partial charge in [0, 0.05) is 22.0 Å². The van der Waals surface area contributed by atoms with Gasteiger partial charge in [0.05, 0.1) is 14.5 Å². The normalized spacial score (nSPS) is 14.6. The monoisotopic (exact) mass is 372 g/mol. The number of benzene rings is 1. The number of hydrogen-bond acceptors (Lipinski definition) is 2. The number of hydrogen-bond donors (Lipinski definition) is 0. The zero-order valence-corrected chi connectivity index (χ0v) is 17.5. The molecular formula is C18H29ClN2O2S. The van der Waals surface area contributed by atoms with E-state index in [0.29, 0.717) is 9.92 Å². The summed E-state index contributed by atoms with van der Waals surface area (Å²) in [7, 11) is -2.99. The van der Waals surface area contributed by atoms with Crippen molar-refractivity contribution in [2.24, 2.45) is 4.36 Å². The van der Waals surface area contributed by atoms with Crippen LogP contribution < -0.4 is 0 Å². The van der Waals surface area contributed by atoms with Gasteiger partial charge in [-0.15, -0.1) is 4.36 Å². The molecular weight excluding hydrogens is 344 g/mol. The molecule has 0 saturated heterocycles. The van der Waals surface area contributed by atoms with Gasteiger partial charge in [0.25, 0.3) is 0 Å². The van der Waals surface area contributed by atoms with E-state index in [1.165, 1.54) is 0 Å². The molecule has 1 atom stereocenters. The van der Waals surface area contributed by atoms with Gasteiger partial charge in [-0.2, -0.15) is 0 Å². The van der Waals surface area contributed by atoms with Gasteiger partial charge >= 0.3 is 6.03 Å². The topological polar surface area (TPSA) is 49.7 Å². The Labute approximate surface area is 151 Å². The number of halogens is 1. The zero-order valence-electron chi connectivity index (χ0n) is 15.9. The Morgan fingerprint density at radius 2 is 1.67 bits per heavy atom. The van der Waals surface area contributed by atoms with E-state index in [2.05, 4.69) is 4.36 Å². The van der Waals surface area contributed by atoms with Crippen LogP contribution in [-0.4, -0.2) is 32.0 Å². The second-order valence-electron chi connectivity index (χ2n) is 7.52. The molecule has 136 valence electrons. The van der Waals surface area contributed by atoms with Crippen molar-refractivity contribution in [1.82, 2.24) is 4.90 Å². The van der Waals surface area contributed by atoms with Crippen molar-refractivity contribution in [2.45, 2.75) is 77.1 Å². The first-order valence-electron chi connectivity index (χ1n) is 8.16. The highest BCUT2D eigenvalue weighted by Gasteiger charge is 2.32. The largest absolute Gasteiger partial charge is 0.352 e. The van der Waals surface area contributed by atoms with Crippen LogP contribution in [0.5, 0.6) is 0 Å². The van der Waals surface area contributed by atoms with Crippen molar-refractivity contribution >= 4 is 27.4 Å². The second kappa shape index (κ2) is 7.44. The molecule has 0 spiro atoms. The number of carbonyl (C=O) groups is 1. The molecule has 0 saturated carbocycles. The van der Waals surface area contributed by atoms with Crippen molar-refractivity contribution in [3.63, 3.8) is 0 Å². The minimum absolute atomic E-state index is 0.0218. The van der Waals surface area contributed by atoms with Crippen LogP contribution in [0.1, 0.15) is 54.0 Å². The molecule has 0 aromatic heterocycles. The third-order valence-electron chi connectivity index (χ3n) is 3.83. The van der Waals surface area contributed by atoms with Gasteiger partial charge in [0.2, 0.25) is 0 Å². The van der Waals surface area contributed by atoms with Crippen LogP contribution in [0.25, 0.3) is 0 Å². The fourth-order valence-corrected chi connectivity index (χ4v) is 4.66. The van der Waals surface area contributed by atoms with Crippen LogP contribution in [0.3, 0.4) is 0 Å². The van der Waals surface area contributed by atoms with Crippen LogP contribution >= 0.6 is 11.6 Å². The third-order valence-corrected chi connectivity index (χ3v) is 7.21. The summed E-state index contributed by atoms with van der Waals surface area (Å²) in [5, 5.41) is 0.525. The summed E-state index contributed by atoms with van der Waals surface area (Å²) in [5.74, 6) is 0. The highest BCUT2D eigenvalue weighted by Crippen LogP contribution is 2.31. The minimum Gasteiger partial charge on any atom is -0.318 e. The fraction of sp³-hybridized carbons (Fsp3) is 0.611. The Morgan fingerprint density at radius 1 is 1.17 bits per heavy atom. The van der Waals surface area contributed by atoms with E-state index < -0.39 is 20.5 Å². The average Bonchev–Trinajstić information content (AvgIpc) is 2.39. The standard InChI is InChI=1S/C18H29ClN2O2S/c1-12(2)21(13(3)4)17(22)20-24(23,18(6,7)8)15-10-9-14(5)16(19)11-15/h9-13H,1-8H3/t24-/m0/s1. The number of amides is 2. The number of urea groups is 1. The molecule has 1 aromatic carbocycles. The number of rotatable bonds is 3. The second-order valence-corrected chi connectivity index (χ2v) is 10.9. The van der Waals surface area contributed by atoms with E-state index in [1.54, 1.807) is 17.0 Å². The summed E-state index contributed by atoms with van der Waals surface area (Å²) >= 11 is 6.21. The molecule has 0 unspecified atom stereocenters. The Kier molecular flexibility index (Phi) is 6.50. The summed E-state index contributed by atoms with van der Waals surface area (Å²) in [5.41, 5.74) is 0.897. The molecule has 24 heavy (non-hydrogen) atoms. The van der Waals surface area contributed by atoms with Gasteiger partial charge in [-0.05, 0) is 73.1 Å². The molecule has 1 aromatic rings. The highest BCUT2D eigenvalue weighted by atomic mass is 35.5. The number of carbonyl (C=O) groups excluding carboxylic acids is 1. The van der Waals surface area contributed by atoms with Crippen LogP contribution in [0.2, 0.25) is 5.02 Å². The first-order chi connectivity index (χ1) is 10.8. The highest BCUT2D eigenvalue weighted by molar-refractivity contribution is 7.95. The quantitative estimate of drug-likeness (QED) is 0.702. The molecule has 1 rings (SSSR count). The Morgan fingerprint density at radius 3 is 2.04 bits per heavy atom.